The molecule has 3 nitrogen and oxygen atoms in total. The molecule has 0 aliphatic rings. The van der Waals surface area contributed by atoms with Crippen molar-refractivity contribution in [2.75, 3.05) is 6.61 Å². The molecule has 0 aliphatic heterocycles. The summed E-state index contributed by atoms with van der Waals surface area (Å²) in [4.78, 5) is 12.2. The third kappa shape index (κ3) is 4.13. The highest BCUT2D eigenvalue weighted by Gasteiger charge is 2.38. The van der Waals surface area contributed by atoms with Crippen molar-refractivity contribution in [1.82, 2.24) is 0 Å². The van der Waals surface area contributed by atoms with Gasteiger partial charge < -0.3 is 9.47 Å². The van der Waals surface area contributed by atoms with Gasteiger partial charge in [0.2, 0.25) is 0 Å². The molecule has 0 unspecified atom stereocenters. The smallest absolute Gasteiger partial charge is 0.422 e. The maximum atomic E-state index is 14.1. The van der Waals surface area contributed by atoms with Gasteiger partial charge >= 0.3 is 12.1 Å². The van der Waals surface area contributed by atoms with Gasteiger partial charge in [-0.25, -0.2) is 18.0 Å². The lowest BCUT2D eigenvalue weighted by Crippen LogP contribution is -2.12. The van der Waals surface area contributed by atoms with E-state index in [0.29, 0.717) is 12.7 Å². The number of rotatable bonds is 4. The second kappa shape index (κ2) is 7.65. The molecule has 0 atom stereocenters. The van der Waals surface area contributed by atoms with Crippen LogP contribution in [0, 0.1) is 17.5 Å². The van der Waals surface area contributed by atoms with E-state index in [4.69, 9.17) is 9.47 Å². The number of carbonyl (C=O) groups is 1. The minimum Gasteiger partial charge on any atom is -0.494 e. The molecule has 0 radical (unpaired) electrons. The van der Waals surface area contributed by atoms with Crippen LogP contribution in [0.2, 0.25) is 0 Å². The minimum atomic E-state index is -5.21. The maximum Gasteiger partial charge on any atom is 0.422 e. The van der Waals surface area contributed by atoms with Gasteiger partial charge in [0.1, 0.15) is 34.5 Å². The Morgan fingerprint density at radius 1 is 0.931 bits per heavy atom. The van der Waals surface area contributed by atoms with Gasteiger partial charge in [-0.2, -0.15) is 13.2 Å². The maximum absolute atomic E-state index is 14.1. The molecule has 3 aromatic carbocycles. The number of hydrogen-bond acceptors (Lipinski definition) is 3. The molecule has 0 bridgehead atoms. The largest absolute Gasteiger partial charge is 0.494 e. The normalized spacial score (nSPS) is 11.6. The summed E-state index contributed by atoms with van der Waals surface area (Å²) in [5, 5.41) is -0.767. The zero-order chi connectivity index (χ0) is 21.3. The van der Waals surface area contributed by atoms with Gasteiger partial charge in [0.25, 0.3) is 0 Å². The van der Waals surface area contributed by atoms with E-state index in [-0.39, 0.29) is 16.9 Å². The lowest BCUT2D eigenvalue weighted by Gasteiger charge is -2.12. The van der Waals surface area contributed by atoms with E-state index in [0.717, 1.165) is 30.3 Å². The number of esters is 1. The van der Waals surface area contributed by atoms with E-state index < -0.39 is 46.1 Å². The van der Waals surface area contributed by atoms with Crippen molar-refractivity contribution in [2.45, 2.75) is 13.1 Å². The lowest BCUT2D eigenvalue weighted by molar-refractivity contribution is -0.142. The van der Waals surface area contributed by atoms with Crippen LogP contribution in [-0.4, -0.2) is 12.6 Å². The molecule has 0 fully saturated rings. The van der Waals surface area contributed by atoms with Crippen LogP contribution in [0.5, 0.6) is 11.5 Å². The van der Waals surface area contributed by atoms with E-state index in [1.807, 2.05) is 0 Å². The van der Waals surface area contributed by atoms with Crippen LogP contribution in [0.25, 0.3) is 10.8 Å². The summed E-state index contributed by atoms with van der Waals surface area (Å²) < 4.78 is 90.4. The Labute approximate surface area is 160 Å². The van der Waals surface area contributed by atoms with Crippen LogP contribution in [0.15, 0.2) is 42.5 Å². The molecular formula is C20H12F6O3. The predicted octanol–water partition coefficient (Wildman–Crippen LogP) is 5.89. The highest BCUT2D eigenvalue weighted by Crippen LogP contribution is 2.37. The molecule has 0 N–H and O–H groups in total. The Kier molecular flexibility index (Phi) is 5.41. The molecule has 0 amide bonds. The third-order valence-corrected chi connectivity index (χ3v) is 3.97. The van der Waals surface area contributed by atoms with Gasteiger partial charge in [-0.3, -0.25) is 0 Å². The van der Waals surface area contributed by atoms with Crippen molar-refractivity contribution in [3.05, 3.63) is 71.0 Å². The molecule has 0 spiro atoms. The second-order valence-corrected chi connectivity index (χ2v) is 5.89. The average molecular weight is 414 g/mol. The predicted molar refractivity (Wildman–Crippen MR) is 91.4 cm³/mol. The van der Waals surface area contributed by atoms with Gasteiger partial charge in [0.15, 0.2) is 0 Å². The van der Waals surface area contributed by atoms with Gasteiger partial charge in [-0.05, 0) is 48.7 Å². The van der Waals surface area contributed by atoms with Crippen molar-refractivity contribution in [3.8, 4) is 11.5 Å². The average Bonchev–Trinajstić information content (AvgIpc) is 2.60. The fraction of sp³-hybridized carbons (Fsp3) is 0.150. The molecule has 152 valence electrons. The summed E-state index contributed by atoms with van der Waals surface area (Å²) in [5.74, 6) is -5.61. The Bertz CT molecular complexity index is 1090. The highest BCUT2D eigenvalue weighted by atomic mass is 19.4. The van der Waals surface area contributed by atoms with Crippen molar-refractivity contribution in [1.29, 1.82) is 0 Å². The van der Waals surface area contributed by atoms with Crippen LogP contribution in [0.3, 0.4) is 0 Å². The molecule has 3 rings (SSSR count). The SMILES string of the molecule is CCOc1ccc(C(=O)Oc2ccc3c(F)c(C(F)(F)F)c(F)cc3c2)c(F)c1. The Morgan fingerprint density at radius 3 is 2.24 bits per heavy atom. The number of fused-ring (bicyclic) bond motifs is 1. The van der Waals surface area contributed by atoms with Gasteiger partial charge in [-0.15, -0.1) is 0 Å². The molecule has 0 aliphatic carbocycles. The molecule has 9 heteroatoms. The summed E-state index contributed by atoms with van der Waals surface area (Å²) in [6.07, 6.45) is -5.21. The minimum absolute atomic E-state index is 0.207. The number of benzene rings is 3. The number of hydrogen-bond donors (Lipinski definition) is 0. The van der Waals surface area contributed by atoms with Gasteiger partial charge in [0.05, 0.1) is 12.2 Å². The third-order valence-electron chi connectivity index (χ3n) is 3.97. The van der Waals surface area contributed by atoms with E-state index in [1.54, 1.807) is 6.92 Å². The van der Waals surface area contributed by atoms with Crippen LogP contribution in [-0.2, 0) is 6.18 Å². The molecule has 29 heavy (non-hydrogen) atoms. The van der Waals surface area contributed by atoms with E-state index in [2.05, 4.69) is 0 Å². The summed E-state index contributed by atoms with van der Waals surface area (Å²) in [7, 11) is 0. The Balaban J connectivity index is 1.92. The number of alkyl halides is 3. The molecule has 3 aromatic rings. The number of halogens is 6. The zero-order valence-electron chi connectivity index (χ0n) is 14.7. The lowest BCUT2D eigenvalue weighted by atomic mass is 10.0. The first kappa shape index (κ1) is 20.5. The molecule has 0 saturated carbocycles. The fourth-order valence-electron chi connectivity index (χ4n) is 2.71. The topological polar surface area (TPSA) is 35.5 Å². The van der Waals surface area contributed by atoms with Crippen LogP contribution >= 0.6 is 0 Å². The standard InChI is InChI=1S/C20H12F6O3/c1-2-28-11-3-6-14(15(21)9-11)19(27)29-12-4-5-13-10(7-12)8-16(22)17(18(13)23)20(24,25)26/h3-9H,2H2,1H3. The van der Waals surface area contributed by atoms with E-state index in [1.165, 1.54) is 6.07 Å². The van der Waals surface area contributed by atoms with Crippen LogP contribution in [0.4, 0.5) is 26.3 Å². The molecule has 0 aromatic heterocycles. The van der Waals surface area contributed by atoms with Crippen molar-refractivity contribution < 1.29 is 40.6 Å². The zero-order valence-corrected chi connectivity index (χ0v) is 14.7. The summed E-state index contributed by atoms with van der Waals surface area (Å²) in [6.45, 7) is 1.99. The highest BCUT2D eigenvalue weighted by molar-refractivity contribution is 5.92. The van der Waals surface area contributed by atoms with Crippen LogP contribution < -0.4 is 9.47 Å². The second-order valence-electron chi connectivity index (χ2n) is 5.89. The summed E-state index contributed by atoms with van der Waals surface area (Å²) in [6, 6.07) is 6.88. The first-order valence-corrected chi connectivity index (χ1v) is 8.25. The van der Waals surface area contributed by atoms with Gasteiger partial charge in [0, 0.05) is 11.5 Å². The number of ether oxygens (including phenoxy) is 2. The Morgan fingerprint density at radius 2 is 1.62 bits per heavy atom. The fourth-order valence-corrected chi connectivity index (χ4v) is 2.71. The van der Waals surface area contributed by atoms with Crippen molar-refractivity contribution in [2.24, 2.45) is 0 Å². The summed E-state index contributed by atoms with van der Waals surface area (Å²) in [5.41, 5.74) is -2.43. The summed E-state index contributed by atoms with van der Waals surface area (Å²) >= 11 is 0. The van der Waals surface area contributed by atoms with E-state index in [9.17, 15) is 31.1 Å². The quantitative estimate of drug-likeness (QED) is 0.303. The monoisotopic (exact) mass is 414 g/mol. The molecular weight excluding hydrogens is 402 g/mol. The molecule has 0 saturated heterocycles. The number of carbonyl (C=O) groups excluding carboxylic acids is 1. The van der Waals surface area contributed by atoms with Crippen molar-refractivity contribution >= 4 is 16.7 Å². The molecule has 0 heterocycles. The van der Waals surface area contributed by atoms with Crippen LogP contribution in [0.1, 0.15) is 22.8 Å². The van der Waals surface area contributed by atoms with E-state index >= 15 is 0 Å². The first-order valence-electron chi connectivity index (χ1n) is 8.25. The Hall–Kier alpha value is -3.23. The van der Waals surface area contributed by atoms with Crippen molar-refractivity contribution in [3.63, 3.8) is 0 Å². The first-order chi connectivity index (χ1) is 13.6. The van der Waals surface area contributed by atoms with Gasteiger partial charge in [-0.1, -0.05) is 0 Å².